The van der Waals surface area contributed by atoms with E-state index in [0.29, 0.717) is 6.42 Å². The fourth-order valence-corrected chi connectivity index (χ4v) is 4.15. The summed E-state index contributed by atoms with van der Waals surface area (Å²) in [6.45, 7) is 3.40. The van der Waals surface area contributed by atoms with E-state index in [9.17, 15) is 14.2 Å². The van der Waals surface area contributed by atoms with Crippen LogP contribution in [0, 0.1) is 0 Å². The number of hydrogen-bond donors (Lipinski definition) is 2. The van der Waals surface area contributed by atoms with Crippen molar-refractivity contribution in [2.75, 3.05) is 13.2 Å². The molecule has 2 N–H and O–H groups in total. The number of allylic oxidation sites excluding steroid dienone is 2. The maximum Gasteiger partial charge on any atom is 0.469 e. The summed E-state index contributed by atoms with van der Waals surface area (Å²) < 4.78 is 26.0. The lowest BCUT2D eigenvalue weighted by molar-refractivity contribution is -0.161. The number of rotatable bonds is 25. The molecule has 0 aliphatic rings. The van der Waals surface area contributed by atoms with E-state index in [1.54, 1.807) is 0 Å². The molecule has 0 saturated carbocycles. The topological polar surface area (TPSA) is 119 Å². The predicted octanol–water partition coefficient (Wildman–Crippen LogP) is 7.17. The van der Waals surface area contributed by atoms with Gasteiger partial charge in [0.15, 0.2) is 6.10 Å². The summed E-state index contributed by atoms with van der Waals surface area (Å²) in [5.74, 6) is -0.904. The second-order valence-electron chi connectivity index (χ2n) is 9.39. The standard InChI is InChI=1S/C27H51O8P/c1-3-5-7-9-11-13-14-16-17-19-21-26(28)33-23-25(24-34-36(30,31)32)35-27(29)22-20-18-15-12-10-8-6-4-2/h4,6,25H,3,5,7-24H2,1-2H3,(H2,30,31,32)/b6-4+/t25-/m0/s1. The SMILES string of the molecule is C/C=C/CCCCCCCC(=O)O[C@@H](COC(=O)CCCCCCCCCCCC)COP(=O)(O)O. The van der Waals surface area contributed by atoms with Gasteiger partial charge in [-0.1, -0.05) is 96.1 Å². The van der Waals surface area contributed by atoms with Gasteiger partial charge >= 0.3 is 19.8 Å². The summed E-state index contributed by atoms with van der Waals surface area (Å²) in [5, 5.41) is 0. The average Bonchev–Trinajstić information content (AvgIpc) is 2.83. The van der Waals surface area contributed by atoms with Crippen molar-refractivity contribution in [2.45, 2.75) is 136 Å². The second-order valence-corrected chi connectivity index (χ2v) is 10.6. The molecule has 212 valence electrons. The Hall–Kier alpha value is -1.21. The first-order chi connectivity index (χ1) is 17.3. The number of carbonyl (C=O) groups is 2. The van der Waals surface area contributed by atoms with Crippen LogP contribution in [0.5, 0.6) is 0 Å². The molecule has 8 nitrogen and oxygen atoms in total. The molecule has 9 heteroatoms. The zero-order chi connectivity index (χ0) is 26.9. The van der Waals surface area contributed by atoms with Gasteiger partial charge in [-0.05, 0) is 32.6 Å². The number of unbranched alkanes of at least 4 members (excludes halogenated alkanes) is 14. The van der Waals surface area contributed by atoms with E-state index in [0.717, 1.165) is 51.4 Å². The summed E-state index contributed by atoms with van der Waals surface area (Å²) in [5.41, 5.74) is 0. The Labute approximate surface area is 218 Å². The van der Waals surface area contributed by atoms with Crippen LogP contribution in [0.1, 0.15) is 129 Å². The molecule has 0 unspecified atom stereocenters. The van der Waals surface area contributed by atoms with Gasteiger partial charge in [0.1, 0.15) is 6.61 Å². The van der Waals surface area contributed by atoms with Gasteiger partial charge in [-0.3, -0.25) is 14.1 Å². The molecule has 0 amide bonds. The van der Waals surface area contributed by atoms with Gasteiger partial charge in [-0.2, -0.15) is 0 Å². The monoisotopic (exact) mass is 534 g/mol. The molecule has 1 atom stereocenters. The van der Waals surface area contributed by atoms with Crippen molar-refractivity contribution >= 4 is 19.8 Å². The highest BCUT2D eigenvalue weighted by molar-refractivity contribution is 7.46. The van der Waals surface area contributed by atoms with Crippen molar-refractivity contribution in [3.8, 4) is 0 Å². The summed E-state index contributed by atoms with van der Waals surface area (Å²) in [6, 6.07) is 0. The lowest BCUT2D eigenvalue weighted by Crippen LogP contribution is -2.29. The van der Waals surface area contributed by atoms with Crippen molar-refractivity contribution in [3.63, 3.8) is 0 Å². The summed E-state index contributed by atoms with van der Waals surface area (Å²) >= 11 is 0. The number of phosphoric ester groups is 1. The first-order valence-electron chi connectivity index (χ1n) is 13.9. The van der Waals surface area contributed by atoms with Crippen molar-refractivity contribution in [2.24, 2.45) is 0 Å². The normalized spacial score (nSPS) is 12.7. The van der Waals surface area contributed by atoms with E-state index in [-0.39, 0.29) is 19.4 Å². The lowest BCUT2D eigenvalue weighted by atomic mass is 10.1. The molecule has 0 spiro atoms. The zero-order valence-electron chi connectivity index (χ0n) is 22.7. The largest absolute Gasteiger partial charge is 0.469 e. The molecule has 0 saturated heterocycles. The van der Waals surface area contributed by atoms with Crippen molar-refractivity contribution in [3.05, 3.63) is 12.2 Å². The Kier molecular flexibility index (Phi) is 23.3. The highest BCUT2D eigenvalue weighted by Crippen LogP contribution is 2.35. The molecule has 0 aliphatic heterocycles. The maximum atomic E-state index is 12.1. The van der Waals surface area contributed by atoms with Gasteiger partial charge in [0.25, 0.3) is 0 Å². The Bertz CT molecular complexity index is 617. The number of carbonyl (C=O) groups excluding carboxylic acids is 2. The molecule has 0 aromatic carbocycles. The Morgan fingerprint density at radius 1 is 0.750 bits per heavy atom. The third kappa shape index (κ3) is 25.9. The van der Waals surface area contributed by atoms with Gasteiger partial charge in [0.05, 0.1) is 6.61 Å². The first-order valence-corrected chi connectivity index (χ1v) is 15.5. The van der Waals surface area contributed by atoms with E-state index in [1.165, 1.54) is 44.9 Å². The van der Waals surface area contributed by atoms with Crippen molar-refractivity contribution < 1.29 is 37.9 Å². The fourth-order valence-electron chi connectivity index (χ4n) is 3.78. The van der Waals surface area contributed by atoms with Crippen LogP contribution in [-0.2, 0) is 28.2 Å². The van der Waals surface area contributed by atoms with Crippen molar-refractivity contribution in [1.29, 1.82) is 0 Å². The predicted molar refractivity (Wildman–Crippen MR) is 142 cm³/mol. The van der Waals surface area contributed by atoms with Crippen LogP contribution in [0.4, 0.5) is 0 Å². The fraction of sp³-hybridized carbons (Fsp3) is 0.852. The minimum atomic E-state index is -4.73. The molecule has 0 aromatic heterocycles. The van der Waals surface area contributed by atoms with Crippen LogP contribution >= 0.6 is 7.82 Å². The van der Waals surface area contributed by atoms with E-state index in [4.69, 9.17) is 19.3 Å². The molecule has 0 aromatic rings. The third-order valence-electron chi connectivity index (χ3n) is 5.88. The van der Waals surface area contributed by atoms with E-state index >= 15 is 0 Å². The van der Waals surface area contributed by atoms with Gasteiger partial charge in [0, 0.05) is 12.8 Å². The quantitative estimate of drug-likeness (QED) is 0.0547. The van der Waals surface area contributed by atoms with Crippen LogP contribution in [0.15, 0.2) is 12.2 Å². The molecule has 0 heterocycles. The van der Waals surface area contributed by atoms with Gasteiger partial charge in [0.2, 0.25) is 0 Å². The summed E-state index contributed by atoms with van der Waals surface area (Å²) in [7, 11) is -4.73. The van der Waals surface area contributed by atoms with E-state index in [1.807, 2.05) is 13.0 Å². The Morgan fingerprint density at radius 2 is 1.25 bits per heavy atom. The van der Waals surface area contributed by atoms with E-state index < -0.39 is 32.5 Å². The van der Waals surface area contributed by atoms with Crippen LogP contribution in [-0.4, -0.2) is 41.0 Å². The molecule has 0 aliphatic carbocycles. The number of phosphoric acid groups is 1. The van der Waals surface area contributed by atoms with Gasteiger partial charge in [-0.25, -0.2) is 4.57 Å². The van der Waals surface area contributed by atoms with Gasteiger partial charge in [-0.15, -0.1) is 0 Å². The molecule has 36 heavy (non-hydrogen) atoms. The number of hydrogen-bond acceptors (Lipinski definition) is 6. The highest BCUT2D eigenvalue weighted by atomic mass is 31.2. The maximum absolute atomic E-state index is 12.1. The average molecular weight is 535 g/mol. The zero-order valence-corrected chi connectivity index (χ0v) is 23.6. The van der Waals surface area contributed by atoms with Crippen LogP contribution < -0.4 is 0 Å². The molecular weight excluding hydrogens is 483 g/mol. The minimum Gasteiger partial charge on any atom is -0.462 e. The second kappa shape index (κ2) is 24.1. The Balaban J connectivity index is 4.09. The number of ether oxygens (including phenoxy) is 2. The Morgan fingerprint density at radius 3 is 1.78 bits per heavy atom. The number of esters is 2. The third-order valence-corrected chi connectivity index (χ3v) is 6.36. The molecule has 0 radical (unpaired) electrons. The van der Waals surface area contributed by atoms with Gasteiger partial charge < -0.3 is 19.3 Å². The minimum absolute atomic E-state index is 0.202. The molecule has 0 bridgehead atoms. The van der Waals surface area contributed by atoms with Crippen LogP contribution in [0.2, 0.25) is 0 Å². The molecule has 0 rings (SSSR count). The molecule has 0 fully saturated rings. The highest BCUT2D eigenvalue weighted by Gasteiger charge is 2.22. The van der Waals surface area contributed by atoms with Crippen LogP contribution in [0.25, 0.3) is 0 Å². The first kappa shape index (κ1) is 34.8. The summed E-state index contributed by atoms with van der Waals surface area (Å²) in [4.78, 5) is 42.1. The van der Waals surface area contributed by atoms with Crippen LogP contribution in [0.3, 0.4) is 0 Å². The lowest BCUT2D eigenvalue weighted by Gasteiger charge is -2.18. The summed E-state index contributed by atoms with van der Waals surface area (Å²) in [6.07, 6.45) is 21.2. The van der Waals surface area contributed by atoms with E-state index in [2.05, 4.69) is 17.5 Å². The smallest absolute Gasteiger partial charge is 0.462 e. The molecular formula is C27H51O8P. The van der Waals surface area contributed by atoms with Crippen molar-refractivity contribution in [1.82, 2.24) is 0 Å².